The number of nitrogens with zero attached hydrogens (tertiary/aromatic N) is 3. The Bertz CT molecular complexity index is 621. The van der Waals surface area contributed by atoms with E-state index in [1.807, 2.05) is 29.2 Å². The van der Waals surface area contributed by atoms with Crippen LogP contribution >= 0.6 is 0 Å². The maximum atomic E-state index is 12.5. The Balaban J connectivity index is 1.75. The van der Waals surface area contributed by atoms with E-state index in [9.17, 15) is 9.59 Å². The summed E-state index contributed by atoms with van der Waals surface area (Å²) in [7, 11) is 0. The fraction of sp³-hybridized carbons (Fsp3) is 0.636. The lowest BCUT2D eigenvalue weighted by Crippen LogP contribution is -2.51. The largest absolute Gasteiger partial charge is 0.342 e. The van der Waals surface area contributed by atoms with Crippen LogP contribution in [0.3, 0.4) is 0 Å². The van der Waals surface area contributed by atoms with Gasteiger partial charge in [-0.3, -0.25) is 19.4 Å². The van der Waals surface area contributed by atoms with Gasteiger partial charge in [-0.2, -0.15) is 0 Å². The first-order valence-corrected chi connectivity index (χ1v) is 10.7. The van der Waals surface area contributed by atoms with E-state index in [0.29, 0.717) is 13.1 Å². The van der Waals surface area contributed by atoms with Crippen molar-refractivity contribution in [2.24, 2.45) is 0 Å². The van der Waals surface area contributed by atoms with Crippen LogP contribution in [0.1, 0.15) is 39.2 Å². The van der Waals surface area contributed by atoms with Gasteiger partial charge < -0.3 is 10.2 Å². The number of carbonyl (C=O) groups excluding carboxylic acids is 2. The molecule has 1 fully saturated rings. The molecule has 2 rings (SSSR count). The lowest BCUT2D eigenvalue weighted by Gasteiger charge is -2.35. The quantitative estimate of drug-likeness (QED) is 0.669. The monoisotopic (exact) mass is 388 g/mol. The fourth-order valence-electron chi connectivity index (χ4n) is 3.64. The summed E-state index contributed by atoms with van der Waals surface area (Å²) >= 11 is 0. The molecule has 1 N–H and O–H groups in total. The molecule has 0 radical (unpaired) electrons. The van der Waals surface area contributed by atoms with Gasteiger partial charge in [0.2, 0.25) is 11.8 Å². The number of nitrogens with one attached hydrogen (secondary N) is 1. The number of hydrogen-bond donors (Lipinski definition) is 1. The summed E-state index contributed by atoms with van der Waals surface area (Å²) in [5.41, 5.74) is 2.06. The van der Waals surface area contributed by atoms with Crippen LogP contribution in [0.2, 0.25) is 0 Å². The van der Waals surface area contributed by atoms with Crippen molar-refractivity contribution in [2.75, 3.05) is 57.7 Å². The molecule has 0 aromatic heterocycles. The van der Waals surface area contributed by atoms with Crippen LogP contribution in [0.4, 0.5) is 5.69 Å². The number of aryl methyl sites for hydroxylation is 1. The van der Waals surface area contributed by atoms with Crippen molar-refractivity contribution >= 4 is 17.5 Å². The third-order valence-electron chi connectivity index (χ3n) is 5.20. The van der Waals surface area contributed by atoms with Crippen molar-refractivity contribution in [1.29, 1.82) is 0 Å². The van der Waals surface area contributed by atoms with Crippen LogP contribution in [0, 0.1) is 0 Å². The van der Waals surface area contributed by atoms with Gasteiger partial charge in [0.15, 0.2) is 0 Å². The molecular weight excluding hydrogens is 352 g/mol. The second-order valence-electron chi connectivity index (χ2n) is 7.49. The summed E-state index contributed by atoms with van der Waals surface area (Å²) < 4.78 is 0. The van der Waals surface area contributed by atoms with Gasteiger partial charge in [-0.05, 0) is 30.9 Å². The molecule has 1 saturated heterocycles. The smallest absolute Gasteiger partial charge is 0.238 e. The summed E-state index contributed by atoms with van der Waals surface area (Å²) in [6, 6.07) is 7.95. The van der Waals surface area contributed by atoms with Crippen molar-refractivity contribution in [1.82, 2.24) is 14.7 Å². The summed E-state index contributed by atoms with van der Waals surface area (Å²) in [5.74, 6) is 0.258. The number of carbonyl (C=O) groups is 2. The topological polar surface area (TPSA) is 55.9 Å². The number of hydrogen-bond acceptors (Lipinski definition) is 4. The molecular formula is C22H36N4O2. The van der Waals surface area contributed by atoms with Gasteiger partial charge in [0.25, 0.3) is 0 Å². The Kier molecular flexibility index (Phi) is 9.44. The zero-order valence-corrected chi connectivity index (χ0v) is 17.7. The Morgan fingerprint density at radius 1 is 0.929 bits per heavy atom. The molecule has 2 amide bonds. The Hall–Kier alpha value is -1.92. The minimum absolute atomic E-state index is 0.0301. The third kappa shape index (κ3) is 6.91. The molecule has 0 unspecified atom stereocenters. The van der Waals surface area contributed by atoms with E-state index < -0.39 is 0 Å². The molecule has 0 aliphatic carbocycles. The first-order chi connectivity index (χ1) is 13.6. The zero-order valence-electron chi connectivity index (χ0n) is 17.7. The normalized spacial score (nSPS) is 15.4. The highest BCUT2D eigenvalue weighted by atomic mass is 16.2. The highest BCUT2D eigenvalue weighted by Crippen LogP contribution is 2.15. The van der Waals surface area contributed by atoms with E-state index in [-0.39, 0.29) is 11.8 Å². The lowest BCUT2D eigenvalue weighted by atomic mass is 10.1. The molecule has 1 aromatic rings. The number of rotatable bonds is 10. The van der Waals surface area contributed by atoms with Crippen LogP contribution in [-0.2, 0) is 16.0 Å². The zero-order chi connectivity index (χ0) is 20.4. The van der Waals surface area contributed by atoms with Gasteiger partial charge in [0.05, 0.1) is 13.1 Å². The maximum Gasteiger partial charge on any atom is 0.238 e. The molecule has 0 saturated carbocycles. The number of benzene rings is 1. The summed E-state index contributed by atoms with van der Waals surface area (Å²) in [6.45, 7) is 12.2. The highest BCUT2D eigenvalue weighted by Gasteiger charge is 2.22. The number of amides is 2. The third-order valence-corrected chi connectivity index (χ3v) is 5.20. The van der Waals surface area contributed by atoms with E-state index in [1.165, 1.54) is 0 Å². The summed E-state index contributed by atoms with van der Waals surface area (Å²) in [5, 5.41) is 3.04. The van der Waals surface area contributed by atoms with Gasteiger partial charge in [0, 0.05) is 45.0 Å². The number of anilines is 1. The van der Waals surface area contributed by atoms with Crippen LogP contribution < -0.4 is 5.32 Å². The molecule has 1 heterocycles. The molecule has 1 aliphatic heterocycles. The molecule has 1 aromatic carbocycles. The van der Waals surface area contributed by atoms with E-state index in [0.717, 1.165) is 69.8 Å². The molecule has 6 heteroatoms. The van der Waals surface area contributed by atoms with Gasteiger partial charge >= 0.3 is 0 Å². The van der Waals surface area contributed by atoms with Gasteiger partial charge in [-0.25, -0.2) is 0 Å². The average molecular weight is 389 g/mol. The first-order valence-electron chi connectivity index (χ1n) is 10.7. The molecule has 156 valence electrons. The molecule has 0 spiro atoms. The second-order valence-corrected chi connectivity index (χ2v) is 7.49. The van der Waals surface area contributed by atoms with Gasteiger partial charge in [-0.15, -0.1) is 0 Å². The highest BCUT2D eigenvalue weighted by molar-refractivity contribution is 5.93. The molecule has 0 atom stereocenters. The predicted molar refractivity (Wildman–Crippen MR) is 114 cm³/mol. The van der Waals surface area contributed by atoms with Crippen molar-refractivity contribution in [3.63, 3.8) is 0 Å². The van der Waals surface area contributed by atoms with E-state index in [1.54, 1.807) is 0 Å². The predicted octanol–water partition coefficient (Wildman–Crippen LogP) is 2.45. The van der Waals surface area contributed by atoms with Crippen molar-refractivity contribution in [3.05, 3.63) is 29.8 Å². The second kappa shape index (κ2) is 11.8. The average Bonchev–Trinajstić information content (AvgIpc) is 2.69. The standard InChI is InChI=1S/C22H36N4O2/c1-4-11-26(12-5-2)22(28)18-25-15-13-24(14-16-25)17-21(27)23-20-10-8-7-9-19(20)6-3/h7-10H,4-6,11-18H2,1-3H3,(H,23,27). The van der Waals surface area contributed by atoms with Crippen LogP contribution in [-0.4, -0.2) is 78.9 Å². The summed E-state index contributed by atoms with van der Waals surface area (Å²) in [6.07, 6.45) is 2.89. The molecule has 28 heavy (non-hydrogen) atoms. The van der Waals surface area contributed by atoms with Gasteiger partial charge in [-0.1, -0.05) is 39.0 Å². The fourth-order valence-corrected chi connectivity index (χ4v) is 3.64. The maximum absolute atomic E-state index is 12.5. The first kappa shape index (κ1) is 22.4. The van der Waals surface area contributed by atoms with Crippen LogP contribution in [0.25, 0.3) is 0 Å². The van der Waals surface area contributed by atoms with E-state index in [4.69, 9.17) is 0 Å². The van der Waals surface area contributed by atoms with Crippen molar-refractivity contribution in [3.8, 4) is 0 Å². The SMILES string of the molecule is CCCN(CCC)C(=O)CN1CCN(CC(=O)Nc2ccccc2CC)CC1. The Morgan fingerprint density at radius 3 is 2.07 bits per heavy atom. The van der Waals surface area contributed by atoms with Crippen molar-refractivity contribution < 1.29 is 9.59 Å². The molecule has 6 nitrogen and oxygen atoms in total. The van der Waals surface area contributed by atoms with E-state index >= 15 is 0 Å². The van der Waals surface area contributed by atoms with Crippen LogP contribution in [0.15, 0.2) is 24.3 Å². The minimum Gasteiger partial charge on any atom is -0.342 e. The van der Waals surface area contributed by atoms with Gasteiger partial charge in [0.1, 0.15) is 0 Å². The summed E-state index contributed by atoms with van der Waals surface area (Å²) in [4.78, 5) is 31.3. The number of para-hydroxylation sites is 1. The Morgan fingerprint density at radius 2 is 1.50 bits per heavy atom. The van der Waals surface area contributed by atoms with Crippen LogP contribution in [0.5, 0.6) is 0 Å². The molecule has 1 aliphatic rings. The number of piperazine rings is 1. The lowest BCUT2D eigenvalue weighted by molar-refractivity contribution is -0.133. The van der Waals surface area contributed by atoms with Crippen molar-refractivity contribution in [2.45, 2.75) is 40.0 Å². The Labute approximate surface area is 169 Å². The molecule has 0 bridgehead atoms. The minimum atomic E-state index is 0.0301. The van der Waals surface area contributed by atoms with E-state index in [2.05, 4.69) is 35.9 Å².